The summed E-state index contributed by atoms with van der Waals surface area (Å²) >= 11 is 1.73. The molecule has 0 radical (unpaired) electrons. The van der Waals surface area contributed by atoms with Gasteiger partial charge in [0, 0.05) is 23.4 Å². The zero-order chi connectivity index (χ0) is 14.2. The maximum absolute atomic E-state index is 14.0. The highest BCUT2D eigenvalue weighted by Crippen LogP contribution is 2.31. The van der Waals surface area contributed by atoms with Crippen molar-refractivity contribution in [2.24, 2.45) is 0 Å². The van der Waals surface area contributed by atoms with Gasteiger partial charge in [0.15, 0.2) is 0 Å². The lowest BCUT2D eigenvalue weighted by atomic mass is 10.1. The smallest absolute Gasteiger partial charge is 0.148 e. The Bertz CT molecular complexity index is 777. The molecule has 5 heteroatoms. The molecule has 0 atom stereocenters. The molecule has 0 saturated heterocycles. The number of nitrogens with one attached hydrogen (secondary N) is 1. The summed E-state index contributed by atoms with van der Waals surface area (Å²) < 4.78 is 15.8. The Kier molecular flexibility index (Phi) is 3.00. The van der Waals surface area contributed by atoms with Gasteiger partial charge in [-0.2, -0.15) is 5.10 Å². The summed E-state index contributed by atoms with van der Waals surface area (Å²) in [4.78, 5) is 1.28. The molecule has 1 N–H and O–H groups in total. The van der Waals surface area contributed by atoms with E-state index in [1.54, 1.807) is 28.2 Å². The zero-order valence-electron chi connectivity index (χ0n) is 11.3. The highest BCUT2D eigenvalue weighted by molar-refractivity contribution is 7.09. The van der Waals surface area contributed by atoms with Crippen molar-refractivity contribution < 1.29 is 4.39 Å². The van der Waals surface area contributed by atoms with Crippen molar-refractivity contribution in [2.45, 2.75) is 12.8 Å². The third kappa shape index (κ3) is 2.14. The first-order valence-corrected chi connectivity index (χ1v) is 7.83. The molecule has 3 heterocycles. The molecule has 1 aliphatic heterocycles. The fourth-order valence-electron chi connectivity index (χ4n) is 2.76. The van der Waals surface area contributed by atoms with Crippen LogP contribution in [0.3, 0.4) is 0 Å². The molecule has 106 valence electrons. The van der Waals surface area contributed by atoms with E-state index in [9.17, 15) is 4.39 Å². The van der Waals surface area contributed by atoms with Gasteiger partial charge in [-0.1, -0.05) is 18.2 Å². The predicted molar refractivity (Wildman–Crippen MR) is 82.8 cm³/mol. The molecule has 0 unspecified atom stereocenters. The van der Waals surface area contributed by atoms with Gasteiger partial charge in [0.1, 0.15) is 17.3 Å². The summed E-state index contributed by atoms with van der Waals surface area (Å²) in [6.07, 6.45) is 1.76. The van der Waals surface area contributed by atoms with Crippen LogP contribution in [0.4, 0.5) is 10.2 Å². The van der Waals surface area contributed by atoms with Crippen LogP contribution in [0.1, 0.15) is 16.1 Å². The third-order valence-electron chi connectivity index (χ3n) is 3.74. The molecule has 0 spiro atoms. The Morgan fingerprint density at radius 1 is 1.24 bits per heavy atom. The van der Waals surface area contributed by atoms with Crippen LogP contribution in [0.15, 0.2) is 41.8 Å². The Hall–Kier alpha value is -2.14. The molecule has 21 heavy (non-hydrogen) atoms. The highest BCUT2D eigenvalue weighted by atomic mass is 32.1. The molecule has 1 aliphatic rings. The van der Waals surface area contributed by atoms with E-state index >= 15 is 0 Å². The number of aromatic nitrogens is 2. The Morgan fingerprint density at radius 3 is 2.95 bits per heavy atom. The zero-order valence-corrected chi connectivity index (χ0v) is 12.2. The lowest BCUT2D eigenvalue weighted by Crippen LogP contribution is -2.06. The molecule has 3 aromatic rings. The van der Waals surface area contributed by atoms with Crippen LogP contribution in [0.5, 0.6) is 0 Å². The minimum absolute atomic E-state index is 0.251. The van der Waals surface area contributed by atoms with Crippen molar-refractivity contribution in [3.05, 3.63) is 63.7 Å². The molecule has 2 aromatic heterocycles. The van der Waals surface area contributed by atoms with Crippen LogP contribution < -0.4 is 5.32 Å². The van der Waals surface area contributed by atoms with Gasteiger partial charge in [-0.25, -0.2) is 9.07 Å². The molecule has 0 aliphatic carbocycles. The lowest BCUT2D eigenvalue weighted by Gasteiger charge is -2.07. The second-order valence-corrected chi connectivity index (χ2v) is 6.10. The fourth-order valence-corrected chi connectivity index (χ4v) is 3.47. The van der Waals surface area contributed by atoms with Gasteiger partial charge in [0.25, 0.3) is 0 Å². The molecule has 1 aromatic carbocycles. The van der Waals surface area contributed by atoms with Gasteiger partial charge in [0.2, 0.25) is 0 Å². The molecule has 3 nitrogen and oxygen atoms in total. The van der Waals surface area contributed by atoms with E-state index < -0.39 is 0 Å². The van der Waals surface area contributed by atoms with Gasteiger partial charge < -0.3 is 5.32 Å². The van der Waals surface area contributed by atoms with Crippen LogP contribution in [0, 0.1) is 5.82 Å². The first-order valence-electron chi connectivity index (χ1n) is 6.95. The summed E-state index contributed by atoms with van der Waals surface area (Å²) in [5, 5.41) is 10.1. The summed E-state index contributed by atoms with van der Waals surface area (Å²) in [5.74, 6) is 0.686. The van der Waals surface area contributed by atoms with Crippen LogP contribution >= 0.6 is 11.3 Å². The molecule has 4 rings (SSSR count). The largest absolute Gasteiger partial charge is 0.369 e. The van der Waals surface area contributed by atoms with Crippen molar-refractivity contribution in [1.29, 1.82) is 0 Å². The summed E-state index contributed by atoms with van der Waals surface area (Å²) in [6, 6.07) is 10.9. The average Bonchev–Trinajstić information content (AvgIpc) is 3.19. The van der Waals surface area contributed by atoms with Crippen molar-refractivity contribution >= 4 is 17.2 Å². The molecule has 0 bridgehead atoms. The molecular weight excluding hydrogens is 285 g/mol. The SMILES string of the molecule is Fc1ccccc1-n1nc(Cc2cccs2)c2c1NCC2. The quantitative estimate of drug-likeness (QED) is 0.800. The van der Waals surface area contributed by atoms with Crippen LogP contribution in [-0.2, 0) is 12.8 Å². The van der Waals surface area contributed by atoms with E-state index in [-0.39, 0.29) is 5.82 Å². The lowest BCUT2D eigenvalue weighted by molar-refractivity contribution is 0.610. The fraction of sp³-hybridized carbons (Fsp3) is 0.188. The number of fused-ring (bicyclic) bond motifs is 1. The third-order valence-corrected chi connectivity index (χ3v) is 4.61. The van der Waals surface area contributed by atoms with Gasteiger partial charge in [-0.3, -0.25) is 0 Å². The number of nitrogens with zero attached hydrogens (tertiary/aromatic N) is 2. The summed E-state index contributed by atoms with van der Waals surface area (Å²) in [6.45, 7) is 0.888. The van der Waals surface area contributed by atoms with Gasteiger partial charge >= 0.3 is 0 Å². The average molecular weight is 299 g/mol. The molecule has 0 amide bonds. The van der Waals surface area contributed by atoms with Crippen molar-refractivity contribution in [3.8, 4) is 5.69 Å². The topological polar surface area (TPSA) is 29.9 Å². The van der Waals surface area contributed by atoms with Crippen LogP contribution in [0.2, 0.25) is 0 Å². The van der Waals surface area contributed by atoms with Crippen molar-refractivity contribution in [1.82, 2.24) is 9.78 Å². The number of anilines is 1. The summed E-state index contributed by atoms with van der Waals surface area (Å²) in [7, 11) is 0. The number of hydrogen-bond donors (Lipinski definition) is 1. The maximum atomic E-state index is 14.0. The first kappa shape index (κ1) is 12.6. The first-order chi connectivity index (χ1) is 10.3. The van der Waals surface area contributed by atoms with Crippen LogP contribution in [0.25, 0.3) is 5.69 Å². The normalized spacial score (nSPS) is 13.2. The monoisotopic (exact) mass is 299 g/mol. The minimum atomic E-state index is -0.251. The second-order valence-electron chi connectivity index (χ2n) is 5.07. The molecule has 0 saturated carbocycles. The van der Waals surface area contributed by atoms with E-state index in [1.807, 2.05) is 12.1 Å². The van der Waals surface area contributed by atoms with E-state index in [4.69, 9.17) is 0 Å². The molecule has 0 fully saturated rings. The van der Waals surface area contributed by atoms with Crippen LogP contribution in [-0.4, -0.2) is 16.3 Å². The summed E-state index contributed by atoms with van der Waals surface area (Å²) in [5.41, 5.74) is 2.76. The highest BCUT2D eigenvalue weighted by Gasteiger charge is 2.24. The number of benzene rings is 1. The van der Waals surface area contributed by atoms with Gasteiger partial charge in [0.05, 0.1) is 5.69 Å². The maximum Gasteiger partial charge on any atom is 0.148 e. The van der Waals surface area contributed by atoms with E-state index in [0.29, 0.717) is 5.69 Å². The molecular formula is C16H14FN3S. The van der Waals surface area contributed by atoms with E-state index in [0.717, 1.165) is 30.9 Å². The number of thiophene rings is 1. The Labute approximate surface area is 126 Å². The number of rotatable bonds is 3. The van der Waals surface area contributed by atoms with Gasteiger partial charge in [-0.15, -0.1) is 11.3 Å². The van der Waals surface area contributed by atoms with Crippen molar-refractivity contribution in [3.63, 3.8) is 0 Å². The second kappa shape index (κ2) is 5.00. The Morgan fingerprint density at radius 2 is 2.14 bits per heavy atom. The standard InChI is InChI=1S/C16H14FN3S/c17-13-5-1-2-6-15(13)20-16-12(7-8-18-16)14(19-20)10-11-4-3-9-21-11/h1-6,9,18H,7-8,10H2. The van der Waals surface area contributed by atoms with Crippen molar-refractivity contribution in [2.75, 3.05) is 11.9 Å². The number of halogens is 1. The predicted octanol–water partition coefficient (Wildman–Crippen LogP) is 3.63. The Balaban J connectivity index is 1.81. The van der Waals surface area contributed by atoms with Gasteiger partial charge in [-0.05, 0) is 30.0 Å². The number of para-hydroxylation sites is 1. The number of hydrogen-bond acceptors (Lipinski definition) is 3. The minimum Gasteiger partial charge on any atom is -0.369 e. The van der Waals surface area contributed by atoms with E-state index in [1.165, 1.54) is 16.5 Å². The van der Waals surface area contributed by atoms with E-state index in [2.05, 4.69) is 21.9 Å².